The van der Waals surface area contributed by atoms with Crippen LogP contribution in [0.1, 0.15) is 31.5 Å². The van der Waals surface area contributed by atoms with Gasteiger partial charge in [-0.3, -0.25) is 4.68 Å². The Bertz CT molecular complexity index is 714. The standard InChI is InChI=1S/C13H14ClF2N3O.CO2/c1-3-10-11(14)12(19(4-2)17-10)9-7-18(20)6-5-8(9)13(15)16;2-1-3/h5-7,13H,3-4H2,1-2H3;. The quantitative estimate of drug-likeness (QED) is 0.630. The molecule has 0 bridgehead atoms. The fraction of sp³-hybridized carbons (Fsp3) is 0.357. The second-order valence-corrected chi connectivity index (χ2v) is 4.71. The molecule has 0 spiro atoms. The van der Waals surface area contributed by atoms with E-state index in [-0.39, 0.29) is 17.3 Å². The number of carbonyl (C=O) groups excluding carboxylic acids is 2. The molecular formula is C14H14ClF2N3O3. The van der Waals surface area contributed by atoms with Gasteiger partial charge in [-0.05, 0) is 13.3 Å². The van der Waals surface area contributed by atoms with Crippen LogP contribution in [0, 0.1) is 5.21 Å². The van der Waals surface area contributed by atoms with Crippen LogP contribution in [0.5, 0.6) is 0 Å². The molecule has 0 amide bonds. The number of rotatable bonds is 4. The minimum absolute atomic E-state index is 0.122. The minimum atomic E-state index is -2.69. The molecule has 0 unspecified atom stereocenters. The fourth-order valence-corrected chi connectivity index (χ4v) is 2.45. The fourth-order valence-electron chi connectivity index (χ4n) is 2.08. The average Bonchev–Trinajstić information content (AvgIpc) is 2.83. The van der Waals surface area contributed by atoms with Crippen molar-refractivity contribution < 1.29 is 23.1 Å². The van der Waals surface area contributed by atoms with Crippen LogP contribution in [0.25, 0.3) is 11.3 Å². The van der Waals surface area contributed by atoms with Crippen molar-refractivity contribution in [1.29, 1.82) is 0 Å². The molecular weight excluding hydrogens is 332 g/mol. The summed E-state index contributed by atoms with van der Waals surface area (Å²) in [6.07, 6.45) is 0.308. The van der Waals surface area contributed by atoms with Crippen LogP contribution in [-0.2, 0) is 22.6 Å². The number of aryl methyl sites for hydroxylation is 2. The highest BCUT2D eigenvalue weighted by atomic mass is 35.5. The monoisotopic (exact) mass is 345 g/mol. The number of halogens is 3. The summed E-state index contributed by atoms with van der Waals surface area (Å²) in [7, 11) is 0. The van der Waals surface area contributed by atoms with Crippen molar-refractivity contribution in [1.82, 2.24) is 9.78 Å². The summed E-state index contributed by atoms with van der Waals surface area (Å²) in [4.78, 5) is 16.2. The van der Waals surface area contributed by atoms with Crippen LogP contribution in [-0.4, -0.2) is 15.9 Å². The summed E-state index contributed by atoms with van der Waals surface area (Å²) in [5, 5.41) is 16.0. The number of hydrogen-bond acceptors (Lipinski definition) is 4. The first-order chi connectivity index (χ1) is 10.9. The lowest BCUT2D eigenvalue weighted by Gasteiger charge is -2.10. The lowest BCUT2D eigenvalue weighted by molar-refractivity contribution is -0.605. The summed E-state index contributed by atoms with van der Waals surface area (Å²) in [5.41, 5.74) is 0.893. The molecule has 0 N–H and O–H groups in total. The van der Waals surface area contributed by atoms with E-state index >= 15 is 0 Å². The molecule has 23 heavy (non-hydrogen) atoms. The van der Waals surface area contributed by atoms with E-state index < -0.39 is 6.43 Å². The molecule has 2 heterocycles. The third kappa shape index (κ3) is 4.12. The number of alkyl halides is 2. The molecule has 0 fully saturated rings. The molecule has 0 aliphatic rings. The van der Waals surface area contributed by atoms with Crippen molar-refractivity contribution in [3.05, 3.63) is 39.9 Å². The molecule has 2 aromatic rings. The summed E-state index contributed by atoms with van der Waals surface area (Å²) in [6, 6.07) is 1.11. The highest BCUT2D eigenvalue weighted by Gasteiger charge is 2.24. The van der Waals surface area contributed by atoms with Crippen LogP contribution in [0.3, 0.4) is 0 Å². The van der Waals surface area contributed by atoms with Crippen molar-refractivity contribution in [2.75, 3.05) is 0 Å². The van der Waals surface area contributed by atoms with Crippen LogP contribution in [0.4, 0.5) is 8.78 Å². The maximum Gasteiger partial charge on any atom is 0.373 e. The summed E-state index contributed by atoms with van der Waals surface area (Å²) >= 11 is 6.23. The van der Waals surface area contributed by atoms with Crippen LogP contribution < -0.4 is 4.73 Å². The molecule has 2 aromatic heterocycles. The largest absolute Gasteiger partial charge is 0.619 e. The first kappa shape index (κ1) is 18.7. The van der Waals surface area contributed by atoms with Gasteiger partial charge >= 0.3 is 6.15 Å². The van der Waals surface area contributed by atoms with E-state index in [2.05, 4.69) is 5.10 Å². The van der Waals surface area contributed by atoms with Gasteiger partial charge in [-0.1, -0.05) is 18.5 Å². The molecule has 6 nitrogen and oxygen atoms in total. The zero-order valence-electron chi connectivity index (χ0n) is 12.4. The average molecular weight is 346 g/mol. The van der Waals surface area contributed by atoms with Gasteiger partial charge in [-0.2, -0.15) is 19.4 Å². The molecule has 0 radical (unpaired) electrons. The van der Waals surface area contributed by atoms with Crippen molar-refractivity contribution >= 4 is 17.8 Å². The van der Waals surface area contributed by atoms with Gasteiger partial charge in [0.05, 0.1) is 22.0 Å². The number of nitrogens with zero attached hydrogens (tertiary/aromatic N) is 3. The topological polar surface area (TPSA) is 78.9 Å². The van der Waals surface area contributed by atoms with E-state index in [0.717, 1.165) is 18.5 Å². The maximum atomic E-state index is 13.1. The van der Waals surface area contributed by atoms with Crippen molar-refractivity contribution in [2.24, 2.45) is 0 Å². The molecule has 2 rings (SSSR count). The summed E-state index contributed by atoms with van der Waals surface area (Å²) in [5.74, 6) is 0. The van der Waals surface area contributed by atoms with E-state index in [9.17, 15) is 14.0 Å². The van der Waals surface area contributed by atoms with E-state index in [1.54, 1.807) is 4.68 Å². The molecule has 0 saturated heterocycles. The third-order valence-corrected chi connectivity index (χ3v) is 3.45. The van der Waals surface area contributed by atoms with Gasteiger partial charge < -0.3 is 5.21 Å². The predicted octanol–water partition coefficient (Wildman–Crippen LogP) is 2.77. The van der Waals surface area contributed by atoms with Crippen LogP contribution in [0.15, 0.2) is 18.5 Å². The zero-order valence-corrected chi connectivity index (χ0v) is 13.2. The Labute approximate surface area is 135 Å². The Morgan fingerprint density at radius 1 is 1.43 bits per heavy atom. The SMILES string of the molecule is CCc1nn(CC)c(-c2c[n+]([O-])ccc2C(F)F)c1Cl.O=C=O. The number of aromatic nitrogens is 3. The predicted molar refractivity (Wildman–Crippen MR) is 76.6 cm³/mol. The van der Waals surface area contributed by atoms with Gasteiger partial charge in [0.25, 0.3) is 6.43 Å². The first-order valence-corrected chi connectivity index (χ1v) is 7.04. The Hall–Kier alpha value is -2.31. The third-order valence-electron chi connectivity index (χ3n) is 3.05. The van der Waals surface area contributed by atoms with Crippen molar-refractivity contribution in [2.45, 2.75) is 33.2 Å². The minimum Gasteiger partial charge on any atom is -0.619 e. The van der Waals surface area contributed by atoms with Gasteiger partial charge in [0.1, 0.15) is 0 Å². The van der Waals surface area contributed by atoms with E-state index in [0.29, 0.717) is 34.1 Å². The molecule has 0 aromatic carbocycles. The zero-order chi connectivity index (χ0) is 17.6. The second kappa shape index (κ2) is 8.36. The van der Waals surface area contributed by atoms with Crippen molar-refractivity contribution in [3.63, 3.8) is 0 Å². The Morgan fingerprint density at radius 3 is 2.52 bits per heavy atom. The van der Waals surface area contributed by atoms with Crippen LogP contribution in [0.2, 0.25) is 5.02 Å². The van der Waals surface area contributed by atoms with Crippen LogP contribution >= 0.6 is 11.6 Å². The molecule has 0 atom stereocenters. The van der Waals surface area contributed by atoms with Gasteiger partial charge in [0.15, 0.2) is 12.4 Å². The van der Waals surface area contributed by atoms with E-state index in [1.807, 2.05) is 13.8 Å². The van der Waals surface area contributed by atoms with E-state index in [1.165, 1.54) is 0 Å². The smallest absolute Gasteiger partial charge is 0.373 e. The molecule has 0 aliphatic heterocycles. The maximum absolute atomic E-state index is 13.1. The first-order valence-electron chi connectivity index (χ1n) is 6.66. The lowest BCUT2D eigenvalue weighted by atomic mass is 10.1. The summed E-state index contributed by atoms with van der Waals surface area (Å²) < 4.78 is 28.3. The molecule has 124 valence electrons. The van der Waals surface area contributed by atoms with Crippen molar-refractivity contribution in [3.8, 4) is 11.3 Å². The highest BCUT2D eigenvalue weighted by molar-refractivity contribution is 6.33. The second-order valence-electron chi connectivity index (χ2n) is 4.34. The Morgan fingerprint density at radius 2 is 2.04 bits per heavy atom. The van der Waals surface area contributed by atoms with Gasteiger partial charge in [-0.15, -0.1) is 0 Å². The van der Waals surface area contributed by atoms with Gasteiger partial charge in [0, 0.05) is 18.2 Å². The Balaban J connectivity index is 0.000000816. The number of pyridine rings is 1. The number of hydrogen-bond donors (Lipinski definition) is 0. The lowest BCUT2D eigenvalue weighted by Crippen LogP contribution is -2.25. The highest BCUT2D eigenvalue weighted by Crippen LogP contribution is 2.36. The van der Waals surface area contributed by atoms with E-state index in [4.69, 9.17) is 21.2 Å². The summed E-state index contributed by atoms with van der Waals surface area (Å²) in [6.45, 7) is 4.19. The Kier molecular flexibility index (Phi) is 6.81. The molecule has 0 saturated carbocycles. The molecule has 0 aliphatic carbocycles. The molecule has 9 heteroatoms. The normalized spacial score (nSPS) is 10.2. The van der Waals surface area contributed by atoms with Gasteiger partial charge in [0.2, 0.25) is 0 Å². The van der Waals surface area contributed by atoms with Gasteiger partial charge in [-0.25, -0.2) is 8.78 Å².